The van der Waals surface area contributed by atoms with E-state index in [1.165, 1.54) is 16.9 Å². The van der Waals surface area contributed by atoms with Gasteiger partial charge in [-0.2, -0.15) is 0 Å². The largest absolute Gasteiger partial charge is 0.356 e. The van der Waals surface area contributed by atoms with Crippen LogP contribution in [0.4, 0.5) is 5.82 Å². The molecule has 2 unspecified atom stereocenters. The van der Waals surface area contributed by atoms with Crippen molar-refractivity contribution in [1.29, 1.82) is 0 Å². The first kappa shape index (κ1) is 21.4. The topological polar surface area (TPSA) is 49.3 Å². The van der Waals surface area contributed by atoms with Crippen molar-refractivity contribution in [3.05, 3.63) is 42.2 Å². The van der Waals surface area contributed by atoms with E-state index in [-0.39, 0.29) is 5.92 Å². The molecule has 6 heteroatoms. The molecular formula is C26H32N4OS. The van der Waals surface area contributed by atoms with E-state index in [1.807, 2.05) is 13.0 Å². The third-order valence-electron chi connectivity index (χ3n) is 6.87. The van der Waals surface area contributed by atoms with Crippen molar-refractivity contribution >= 4 is 33.3 Å². The average molecular weight is 449 g/mol. The van der Waals surface area contributed by atoms with E-state index in [9.17, 15) is 4.79 Å². The number of piperidine rings is 2. The fraction of sp³-hybridized carbons (Fsp3) is 0.500. The van der Waals surface area contributed by atoms with Crippen molar-refractivity contribution in [2.45, 2.75) is 40.0 Å². The predicted molar refractivity (Wildman–Crippen MR) is 132 cm³/mol. The number of hydrogen-bond acceptors (Lipinski definition) is 5. The highest BCUT2D eigenvalue weighted by molar-refractivity contribution is 7.21. The highest BCUT2D eigenvalue weighted by Crippen LogP contribution is 2.37. The molecule has 2 aromatic heterocycles. The van der Waals surface area contributed by atoms with E-state index in [0.29, 0.717) is 17.7 Å². The van der Waals surface area contributed by atoms with Crippen molar-refractivity contribution < 1.29 is 4.79 Å². The van der Waals surface area contributed by atoms with Crippen LogP contribution < -0.4 is 4.90 Å². The first-order valence-electron chi connectivity index (χ1n) is 11.8. The van der Waals surface area contributed by atoms with Crippen LogP contribution in [0.25, 0.3) is 20.7 Å². The Hall–Kier alpha value is -2.47. The number of likely N-dealkylation sites (tertiary alicyclic amines) is 1. The molecule has 0 spiro atoms. The summed E-state index contributed by atoms with van der Waals surface area (Å²) in [5.41, 5.74) is 1.22. The Morgan fingerprint density at radius 2 is 1.72 bits per heavy atom. The maximum atomic E-state index is 13.2. The zero-order valence-corrected chi connectivity index (χ0v) is 20.1. The molecule has 1 amide bonds. The van der Waals surface area contributed by atoms with Gasteiger partial charge in [0, 0.05) is 37.0 Å². The Morgan fingerprint density at radius 1 is 1.03 bits per heavy atom. The zero-order chi connectivity index (χ0) is 22.2. The van der Waals surface area contributed by atoms with Crippen molar-refractivity contribution in [1.82, 2.24) is 14.9 Å². The van der Waals surface area contributed by atoms with Crippen LogP contribution in [0.1, 0.15) is 38.9 Å². The zero-order valence-electron chi connectivity index (χ0n) is 19.3. The summed E-state index contributed by atoms with van der Waals surface area (Å²) in [4.78, 5) is 29.5. The Kier molecular flexibility index (Phi) is 5.89. The third kappa shape index (κ3) is 4.25. The summed E-state index contributed by atoms with van der Waals surface area (Å²) in [6.07, 6.45) is 3.04. The lowest BCUT2D eigenvalue weighted by Gasteiger charge is -2.39. The lowest BCUT2D eigenvalue weighted by molar-refractivity contribution is -0.138. The number of carbonyl (C=O) groups is 1. The smallest absolute Gasteiger partial charge is 0.225 e. The number of rotatable bonds is 3. The van der Waals surface area contributed by atoms with Crippen LogP contribution in [-0.4, -0.2) is 47.0 Å². The van der Waals surface area contributed by atoms with E-state index >= 15 is 0 Å². The molecular weight excluding hydrogens is 416 g/mol. The normalized spacial score (nSPS) is 22.5. The second kappa shape index (κ2) is 8.81. The van der Waals surface area contributed by atoms with Crippen LogP contribution in [0.5, 0.6) is 0 Å². The van der Waals surface area contributed by atoms with Gasteiger partial charge in [0.05, 0.1) is 5.39 Å². The number of benzene rings is 1. The van der Waals surface area contributed by atoms with E-state index < -0.39 is 0 Å². The fourth-order valence-corrected chi connectivity index (χ4v) is 6.51. The lowest BCUT2D eigenvalue weighted by atomic mass is 9.89. The van der Waals surface area contributed by atoms with Crippen LogP contribution in [0.2, 0.25) is 0 Å². The van der Waals surface area contributed by atoms with E-state index in [1.54, 1.807) is 11.3 Å². The highest BCUT2D eigenvalue weighted by Gasteiger charge is 2.33. The molecule has 0 radical (unpaired) electrons. The number of hydrogen-bond donors (Lipinski definition) is 0. The number of anilines is 1. The van der Waals surface area contributed by atoms with Gasteiger partial charge < -0.3 is 9.80 Å². The Labute approximate surface area is 194 Å². The quantitative estimate of drug-likeness (QED) is 0.539. The van der Waals surface area contributed by atoms with Gasteiger partial charge in [0.1, 0.15) is 16.5 Å². The minimum atomic E-state index is 0.143. The summed E-state index contributed by atoms with van der Waals surface area (Å²) in [5, 5.41) is 1.13. The van der Waals surface area contributed by atoms with Gasteiger partial charge in [0.15, 0.2) is 0 Å². The van der Waals surface area contributed by atoms with Gasteiger partial charge in [0.25, 0.3) is 0 Å². The van der Waals surface area contributed by atoms with Crippen LogP contribution in [0.15, 0.2) is 36.4 Å². The molecule has 4 heterocycles. The van der Waals surface area contributed by atoms with Gasteiger partial charge >= 0.3 is 0 Å². The Bertz CT molecular complexity index is 1090. The van der Waals surface area contributed by atoms with Crippen molar-refractivity contribution in [3.63, 3.8) is 0 Å². The number of aromatic nitrogens is 2. The summed E-state index contributed by atoms with van der Waals surface area (Å²) < 4.78 is 0. The van der Waals surface area contributed by atoms with Gasteiger partial charge in [-0.15, -0.1) is 11.3 Å². The average Bonchev–Trinajstić information content (AvgIpc) is 3.22. The van der Waals surface area contributed by atoms with Gasteiger partial charge in [-0.05, 0) is 49.7 Å². The maximum absolute atomic E-state index is 13.2. The van der Waals surface area contributed by atoms with Crippen LogP contribution in [-0.2, 0) is 4.79 Å². The van der Waals surface area contributed by atoms with Crippen LogP contribution in [0.3, 0.4) is 0 Å². The molecule has 2 saturated heterocycles. The predicted octanol–water partition coefficient (Wildman–Crippen LogP) is 5.39. The van der Waals surface area contributed by atoms with E-state index in [0.717, 1.165) is 60.9 Å². The second-order valence-corrected chi connectivity index (χ2v) is 10.8. The molecule has 2 aliphatic rings. The van der Waals surface area contributed by atoms with Gasteiger partial charge in [-0.3, -0.25) is 4.79 Å². The number of amides is 1. The molecule has 3 aromatic rings. The SMILES string of the molecule is Cc1nc(N2CCC(C(=O)N3CC(C)CC(C)C3)CC2)c2cc(-c3ccccc3)sc2n1. The number of aryl methyl sites for hydroxylation is 1. The number of carbonyl (C=O) groups excluding carboxylic acids is 1. The van der Waals surface area contributed by atoms with Crippen LogP contribution in [0, 0.1) is 24.7 Å². The summed E-state index contributed by atoms with van der Waals surface area (Å²) in [5.74, 6) is 3.56. The number of nitrogens with zero attached hydrogens (tertiary/aromatic N) is 4. The summed E-state index contributed by atoms with van der Waals surface area (Å²) >= 11 is 1.73. The first-order chi connectivity index (χ1) is 15.5. The number of thiophene rings is 1. The fourth-order valence-electron chi connectivity index (χ4n) is 5.44. The van der Waals surface area contributed by atoms with Crippen LogP contribution >= 0.6 is 11.3 Å². The van der Waals surface area contributed by atoms with Crippen molar-refractivity contribution in [3.8, 4) is 10.4 Å². The maximum Gasteiger partial charge on any atom is 0.225 e. The molecule has 0 aliphatic carbocycles. The summed E-state index contributed by atoms with van der Waals surface area (Å²) in [6, 6.07) is 12.7. The van der Waals surface area contributed by atoms with E-state index in [2.05, 4.69) is 54.0 Å². The standard InChI is InChI=1S/C26H32N4OS/c1-17-13-18(2)16-30(15-17)26(31)21-9-11-29(12-10-21)24-22-14-23(20-7-5-4-6-8-20)32-25(22)28-19(3)27-24/h4-8,14,17-18,21H,9-13,15-16H2,1-3H3. The summed E-state index contributed by atoms with van der Waals surface area (Å²) in [7, 11) is 0. The molecule has 168 valence electrons. The number of fused-ring (bicyclic) bond motifs is 1. The summed E-state index contributed by atoms with van der Waals surface area (Å²) in [6.45, 7) is 10.1. The minimum Gasteiger partial charge on any atom is -0.356 e. The molecule has 0 saturated carbocycles. The van der Waals surface area contributed by atoms with E-state index in [4.69, 9.17) is 9.97 Å². The Morgan fingerprint density at radius 3 is 2.41 bits per heavy atom. The van der Waals surface area contributed by atoms with Gasteiger partial charge in [-0.1, -0.05) is 44.2 Å². The molecule has 2 fully saturated rings. The monoisotopic (exact) mass is 448 g/mol. The molecule has 5 nitrogen and oxygen atoms in total. The lowest BCUT2D eigenvalue weighted by Crippen LogP contribution is -2.48. The van der Waals surface area contributed by atoms with Crippen molar-refractivity contribution in [2.75, 3.05) is 31.1 Å². The Balaban J connectivity index is 1.33. The molecule has 0 N–H and O–H groups in total. The highest BCUT2D eigenvalue weighted by atomic mass is 32.1. The third-order valence-corrected chi connectivity index (χ3v) is 7.95. The van der Waals surface area contributed by atoms with Gasteiger partial charge in [0.2, 0.25) is 5.91 Å². The molecule has 5 rings (SSSR count). The molecule has 2 atom stereocenters. The molecule has 2 aliphatic heterocycles. The molecule has 1 aromatic carbocycles. The second-order valence-electron chi connectivity index (χ2n) is 9.74. The minimum absolute atomic E-state index is 0.143. The molecule has 0 bridgehead atoms. The molecule has 32 heavy (non-hydrogen) atoms. The van der Waals surface area contributed by atoms with Crippen molar-refractivity contribution in [2.24, 2.45) is 17.8 Å². The van der Waals surface area contributed by atoms with Gasteiger partial charge in [-0.25, -0.2) is 9.97 Å². The first-order valence-corrected chi connectivity index (χ1v) is 12.7.